The van der Waals surface area contributed by atoms with Crippen molar-refractivity contribution in [2.24, 2.45) is 0 Å². The highest BCUT2D eigenvalue weighted by atomic mass is 79.9. The molecule has 0 saturated carbocycles. The minimum absolute atomic E-state index is 0.115. The molecule has 1 saturated heterocycles. The highest BCUT2D eigenvalue weighted by Gasteiger charge is 2.34. The third-order valence-electron chi connectivity index (χ3n) is 4.17. The fourth-order valence-electron chi connectivity index (χ4n) is 2.87. The standard InChI is InChI=1S/C16H19BrN4O4S/c1-11-15(12(2)25-19-11)26(23,24)21-8-6-20(7-9-21)16(22)18-14-5-3-4-13(17)10-14/h3-5,10H,6-9H2,1-2H3,(H,18,22). The van der Waals surface area contributed by atoms with Crippen LogP contribution in [0.25, 0.3) is 0 Å². The van der Waals surface area contributed by atoms with Crippen LogP contribution in [0.5, 0.6) is 0 Å². The Morgan fingerprint density at radius 3 is 2.50 bits per heavy atom. The Morgan fingerprint density at radius 1 is 1.23 bits per heavy atom. The summed E-state index contributed by atoms with van der Waals surface area (Å²) in [6.07, 6.45) is 0. The summed E-state index contributed by atoms with van der Waals surface area (Å²) in [6, 6.07) is 7.04. The summed E-state index contributed by atoms with van der Waals surface area (Å²) in [7, 11) is -3.68. The zero-order valence-electron chi connectivity index (χ0n) is 14.4. The molecule has 0 bridgehead atoms. The van der Waals surface area contributed by atoms with Crippen molar-refractivity contribution < 1.29 is 17.7 Å². The molecule has 3 rings (SSSR count). The summed E-state index contributed by atoms with van der Waals surface area (Å²) in [4.78, 5) is 14.1. The van der Waals surface area contributed by atoms with Crippen LogP contribution in [0.15, 0.2) is 38.2 Å². The number of carbonyl (C=O) groups is 1. The van der Waals surface area contributed by atoms with Gasteiger partial charge in [0.25, 0.3) is 0 Å². The Morgan fingerprint density at radius 2 is 1.92 bits per heavy atom. The molecule has 2 amide bonds. The Kier molecular flexibility index (Phi) is 5.35. The van der Waals surface area contributed by atoms with Crippen molar-refractivity contribution in [3.8, 4) is 0 Å². The predicted octanol–water partition coefficient (Wildman–Crippen LogP) is 2.59. The van der Waals surface area contributed by atoms with Crippen molar-refractivity contribution in [2.45, 2.75) is 18.7 Å². The van der Waals surface area contributed by atoms with E-state index in [4.69, 9.17) is 4.52 Å². The van der Waals surface area contributed by atoms with Gasteiger partial charge in [-0.1, -0.05) is 27.2 Å². The van der Waals surface area contributed by atoms with Crippen LogP contribution in [0, 0.1) is 13.8 Å². The number of rotatable bonds is 3. The van der Waals surface area contributed by atoms with Gasteiger partial charge in [-0.2, -0.15) is 4.31 Å². The van der Waals surface area contributed by atoms with Gasteiger partial charge in [0, 0.05) is 36.3 Å². The topological polar surface area (TPSA) is 95.8 Å². The van der Waals surface area contributed by atoms with E-state index >= 15 is 0 Å². The number of benzene rings is 1. The number of nitrogens with zero attached hydrogens (tertiary/aromatic N) is 3. The molecule has 1 aromatic carbocycles. The van der Waals surface area contributed by atoms with Crippen molar-refractivity contribution in [3.63, 3.8) is 0 Å². The molecule has 26 heavy (non-hydrogen) atoms. The number of sulfonamides is 1. The van der Waals surface area contributed by atoms with Crippen LogP contribution >= 0.6 is 15.9 Å². The largest absolute Gasteiger partial charge is 0.360 e. The number of aromatic nitrogens is 1. The van der Waals surface area contributed by atoms with E-state index in [-0.39, 0.29) is 29.8 Å². The van der Waals surface area contributed by atoms with Crippen molar-refractivity contribution in [1.82, 2.24) is 14.4 Å². The van der Waals surface area contributed by atoms with E-state index in [1.807, 2.05) is 12.1 Å². The maximum absolute atomic E-state index is 12.8. The number of amides is 2. The van der Waals surface area contributed by atoms with Crippen LogP contribution in [-0.4, -0.2) is 55.0 Å². The number of piperazine rings is 1. The summed E-state index contributed by atoms with van der Waals surface area (Å²) in [6.45, 7) is 4.24. The van der Waals surface area contributed by atoms with Gasteiger partial charge in [0.15, 0.2) is 5.76 Å². The molecular formula is C16H19BrN4O4S. The molecule has 0 radical (unpaired) electrons. The average molecular weight is 443 g/mol. The van der Waals surface area contributed by atoms with Gasteiger partial charge in [-0.3, -0.25) is 0 Å². The molecule has 1 N–H and O–H groups in total. The second-order valence-corrected chi connectivity index (χ2v) is 8.78. The van der Waals surface area contributed by atoms with Crippen LogP contribution in [0.4, 0.5) is 10.5 Å². The van der Waals surface area contributed by atoms with E-state index in [0.29, 0.717) is 24.5 Å². The third-order valence-corrected chi connectivity index (χ3v) is 6.80. The molecule has 0 spiro atoms. The fourth-order valence-corrected chi connectivity index (χ4v) is 4.98. The van der Waals surface area contributed by atoms with E-state index in [2.05, 4.69) is 26.4 Å². The minimum Gasteiger partial charge on any atom is -0.360 e. The molecule has 0 aliphatic carbocycles. The number of hydrogen-bond acceptors (Lipinski definition) is 5. The number of aryl methyl sites for hydroxylation is 2. The van der Waals surface area contributed by atoms with Gasteiger partial charge >= 0.3 is 6.03 Å². The maximum Gasteiger partial charge on any atom is 0.321 e. The van der Waals surface area contributed by atoms with Crippen molar-refractivity contribution in [2.75, 3.05) is 31.5 Å². The molecule has 0 atom stereocenters. The Balaban J connectivity index is 1.65. The lowest BCUT2D eigenvalue weighted by molar-refractivity contribution is 0.184. The number of anilines is 1. The van der Waals surface area contributed by atoms with Crippen LogP contribution < -0.4 is 5.32 Å². The van der Waals surface area contributed by atoms with E-state index in [9.17, 15) is 13.2 Å². The second-order valence-electron chi connectivity index (χ2n) is 5.98. The first-order chi connectivity index (χ1) is 12.3. The third kappa shape index (κ3) is 3.76. The van der Waals surface area contributed by atoms with E-state index in [0.717, 1.165) is 4.47 Å². The SMILES string of the molecule is Cc1noc(C)c1S(=O)(=O)N1CCN(C(=O)Nc2cccc(Br)c2)CC1. The first kappa shape index (κ1) is 18.9. The lowest BCUT2D eigenvalue weighted by Gasteiger charge is -2.33. The number of urea groups is 1. The van der Waals surface area contributed by atoms with Crippen LogP contribution in [-0.2, 0) is 10.0 Å². The molecule has 10 heteroatoms. The van der Waals surface area contributed by atoms with Gasteiger partial charge in [0.05, 0.1) is 0 Å². The van der Waals surface area contributed by atoms with Gasteiger partial charge < -0.3 is 14.7 Å². The monoisotopic (exact) mass is 442 g/mol. The molecule has 2 aromatic rings. The first-order valence-electron chi connectivity index (χ1n) is 8.03. The Bertz CT molecular complexity index is 901. The van der Waals surface area contributed by atoms with Gasteiger partial charge in [-0.25, -0.2) is 13.2 Å². The predicted molar refractivity (Wildman–Crippen MR) is 99.5 cm³/mol. The molecule has 1 fully saturated rings. The van der Waals surface area contributed by atoms with Crippen molar-refractivity contribution in [3.05, 3.63) is 40.2 Å². The average Bonchev–Trinajstić information content (AvgIpc) is 2.94. The summed E-state index contributed by atoms with van der Waals surface area (Å²) in [5.74, 6) is 0.275. The fraction of sp³-hybridized carbons (Fsp3) is 0.375. The summed E-state index contributed by atoms with van der Waals surface area (Å²) in [5.41, 5.74) is 1.02. The summed E-state index contributed by atoms with van der Waals surface area (Å²) >= 11 is 3.36. The highest BCUT2D eigenvalue weighted by molar-refractivity contribution is 9.10. The smallest absolute Gasteiger partial charge is 0.321 e. The zero-order valence-corrected chi connectivity index (χ0v) is 16.8. The minimum atomic E-state index is -3.68. The molecule has 0 unspecified atom stereocenters. The molecule has 8 nitrogen and oxygen atoms in total. The second kappa shape index (κ2) is 7.37. The Hall–Kier alpha value is -1.91. The lowest BCUT2D eigenvalue weighted by Crippen LogP contribution is -2.51. The molecular weight excluding hydrogens is 424 g/mol. The van der Waals surface area contributed by atoms with Gasteiger partial charge in [0.2, 0.25) is 10.0 Å². The number of carbonyl (C=O) groups excluding carboxylic acids is 1. The maximum atomic E-state index is 12.8. The highest BCUT2D eigenvalue weighted by Crippen LogP contribution is 2.24. The molecule has 1 aliphatic rings. The number of halogens is 1. The zero-order chi connectivity index (χ0) is 18.9. The van der Waals surface area contributed by atoms with Crippen LogP contribution in [0.1, 0.15) is 11.5 Å². The lowest BCUT2D eigenvalue weighted by atomic mass is 10.3. The summed E-state index contributed by atoms with van der Waals surface area (Å²) in [5, 5.41) is 6.53. The van der Waals surface area contributed by atoms with E-state index < -0.39 is 10.0 Å². The van der Waals surface area contributed by atoms with Gasteiger partial charge in [-0.15, -0.1) is 0 Å². The number of hydrogen-bond donors (Lipinski definition) is 1. The number of nitrogens with one attached hydrogen (secondary N) is 1. The quantitative estimate of drug-likeness (QED) is 0.787. The molecule has 140 valence electrons. The first-order valence-corrected chi connectivity index (χ1v) is 10.3. The normalized spacial score (nSPS) is 15.9. The van der Waals surface area contributed by atoms with Gasteiger partial charge in [0.1, 0.15) is 10.6 Å². The van der Waals surface area contributed by atoms with Gasteiger partial charge in [-0.05, 0) is 32.0 Å². The van der Waals surface area contributed by atoms with Crippen molar-refractivity contribution in [1.29, 1.82) is 0 Å². The molecule has 2 heterocycles. The van der Waals surface area contributed by atoms with Crippen LogP contribution in [0.3, 0.4) is 0 Å². The Labute approximate surface area is 160 Å². The van der Waals surface area contributed by atoms with Crippen LogP contribution in [0.2, 0.25) is 0 Å². The summed E-state index contributed by atoms with van der Waals surface area (Å²) < 4.78 is 32.8. The van der Waals surface area contributed by atoms with Crippen molar-refractivity contribution >= 4 is 37.7 Å². The van der Waals surface area contributed by atoms with E-state index in [1.165, 1.54) is 4.31 Å². The molecule has 1 aromatic heterocycles. The molecule has 1 aliphatic heterocycles. The van der Waals surface area contributed by atoms with E-state index in [1.54, 1.807) is 30.9 Å².